The van der Waals surface area contributed by atoms with E-state index in [1.54, 1.807) is 10.4 Å². The highest BCUT2D eigenvalue weighted by Gasteiger charge is 2.20. The third-order valence-electron chi connectivity index (χ3n) is 3.54. The van der Waals surface area contributed by atoms with Crippen molar-refractivity contribution in [2.75, 3.05) is 12.8 Å². The monoisotopic (exact) mass is 309 g/mol. The first-order valence-electron chi connectivity index (χ1n) is 6.77. The summed E-state index contributed by atoms with van der Waals surface area (Å²) in [6.07, 6.45) is 2.39. The van der Waals surface area contributed by atoms with Crippen molar-refractivity contribution >= 4 is 34.4 Å². The van der Waals surface area contributed by atoms with E-state index in [2.05, 4.69) is 49.2 Å². The molecule has 0 bridgehead atoms. The smallest absolute Gasteiger partial charge is 0.0762 e. The molecule has 19 heavy (non-hydrogen) atoms. The third-order valence-corrected chi connectivity index (χ3v) is 7.14. The highest BCUT2D eigenvalue weighted by atomic mass is 32.2. The molecule has 2 aromatic heterocycles. The maximum Gasteiger partial charge on any atom is 0.0762 e. The summed E-state index contributed by atoms with van der Waals surface area (Å²) < 4.78 is 0. The number of hydrogen-bond acceptors (Lipinski definition) is 4. The fraction of sp³-hybridized carbons (Fsp3) is 0.467. The first kappa shape index (κ1) is 13.7. The lowest BCUT2D eigenvalue weighted by Crippen LogP contribution is -2.15. The van der Waals surface area contributed by atoms with Gasteiger partial charge in [-0.25, -0.2) is 0 Å². The Kier molecular flexibility index (Phi) is 4.32. The van der Waals surface area contributed by atoms with Crippen LogP contribution in [0.5, 0.6) is 0 Å². The number of rotatable bonds is 4. The van der Waals surface area contributed by atoms with E-state index in [0.29, 0.717) is 6.04 Å². The minimum Gasteiger partial charge on any atom is -0.308 e. The molecular formula is C15H19NS3. The molecule has 0 radical (unpaired) electrons. The summed E-state index contributed by atoms with van der Waals surface area (Å²) in [6, 6.07) is 7.37. The van der Waals surface area contributed by atoms with Crippen LogP contribution in [0.3, 0.4) is 0 Å². The van der Waals surface area contributed by atoms with Crippen LogP contribution in [0.2, 0.25) is 0 Å². The molecule has 0 aliphatic carbocycles. The standard InChI is InChI=1S/C15H19NS3/c1-3-11-4-5-13(18-11)15(16-2)14-8-10-9-17-7-6-12(10)19-14/h4-5,8,15-16H,3,6-7,9H2,1-2H3. The van der Waals surface area contributed by atoms with Crippen LogP contribution in [0.1, 0.15) is 38.0 Å². The Morgan fingerprint density at radius 3 is 2.84 bits per heavy atom. The van der Waals surface area contributed by atoms with Crippen molar-refractivity contribution in [2.45, 2.75) is 31.6 Å². The van der Waals surface area contributed by atoms with Crippen LogP contribution in [-0.4, -0.2) is 12.8 Å². The van der Waals surface area contributed by atoms with Gasteiger partial charge in [-0.05, 0) is 49.4 Å². The molecule has 0 saturated heterocycles. The van der Waals surface area contributed by atoms with Gasteiger partial charge in [-0.3, -0.25) is 0 Å². The molecule has 0 saturated carbocycles. The van der Waals surface area contributed by atoms with Gasteiger partial charge in [0.1, 0.15) is 0 Å². The van der Waals surface area contributed by atoms with Crippen LogP contribution < -0.4 is 5.32 Å². The van der Waals surface area contributed by atoms with Crippen LogP contribution >= 0.6 is 34.4 Å². The quantitative estimate of drug-likeness (QED) is 0.894. The minimum atomic E-state index is 0.380. The molecule has 1 nitrogen and oxygen atoms in total. The van der Waals surface area contributed by atoms with E-state index in [-0.39, 0.29) is 0 Å². The first-order chi connectivity index (χ1) is 9.31. The maximum atomic E-state index is 3.50. The Morgan fingerprint density at radius 1 is 1.26 bits per heavy atom. The van der Waals surface area contributed by atoms with Crippen molar-refractivity contribution in [3.63, 3.8) is 0 Å². The van der Waals surface area contributed by atoms with E-state index < -0.39 is 0 Å². The minimum absolute atomic E-state index is 0.380. The molecule has 0 amide bonds. The second kappa shape index (κ2) is 6.00. The molecule has 1 aliphatic heterocycles. The van der Waals surface area contributed by atoms with Gasteiger partial charge in [0.15, 0.2) is 0 Å². The van der Waals surface area contributed by atoms with E-state index in [0.717, 1.165) is 6.42 Å². The van der Waals surface area contributed by atoms with Crippen molar-refractivity contribution in [3.05, 3.63) is 43.3 Å². The molecule has 2 aromatic rings. The van der Waals surface area contributed by atoms with Gasteiger partial charge >= 0.3 is 0 Å². The average Bonchev–Trinajstić information content (AvgIpc) is 3.05. The number of nitrogens with one attached hydrogen (secondary N) is 1. The molecule has 1 atom stereocenters. The zero-order chi connectivity index (χ0) is 13.2. The van der Waals surface area contributed by atoms with Crippen molar-refractivity contribution in [1.82, 2.24) is 5.32 Å². The molecule has 0 aromatic carbocycles. The lowest BCUT2D eigenvalue weighted by Gasteiger charge is -2.12. The normalized spacial score (nSPS) is 16.3. The summed E-state index contributed by atoms with van der Waals surface area (Å²) in [7, 11) is 2.07. The molecule has 3 heterocycles. The molecule has 0 spiro atoms. The van der Waals surface area contributed by atoms with Gasteiger partial charge in [0.25, 0.3) is 0 Å². The fourth-order valence-electron chi connectivity index (χ4n) is 2.48. The maximum absolute atomic E-state index is 3.50. The van der Waals surface area contributed by atoms with Gasteiger partial charge in [0, 0.05) is 25.3 Å². The van der Waals surface area contributed by atoms with Gasteiger partial charge in [-0.2, -0.15) is 11.8 Å². The zero-order valence-electron chi connectivity index (χ0n) is 11.4. The van der Waals surface area contributed by atoms with Crippen LogP contribution in [0.25, 0.3) is 0 Å². The van der Waals surface area contributed by atoms with Gasteiger partial charge in [0.05, 0.1) is 6.04 Å². The summed E-state index contributed by atoms with van der Waals surface area (Å²) in [5, 5.41) is 3.50. The second-order valence-corrected chi connectivity index (χ2v) is 8.25. The number of hydrogen-bond donors (Lipinski definition) is 1. The van der Waals surface area contributed by atoms with E-state index in [9.17, 15) is 0 Å². The van der Waals surface area contributed by atoms with Crippen LogP contribution in [0.15, 0.2) is 18.2 Å². The van der Waals surface area contributed by atoms with E-state index in [4.69, 9.17) is 0 Å². The van der Waals surface area contributed by atoms with Crippen molar-refractivity contribution in [3.8, 4) is 0 Å². The Morgan fingerprint density at radius 2 is 2.16 bits per heavy atom. The third kappa shape index (κ3) is 2.77. The Bertz CT molecular complexity index is 532. The summed E-state index contributed by atoms with van der Waals surface area (Å²) in [6.45, 7) is 2.23. The van der Waals surface area contributed by atoms with Crippen LogP contribution in [-0.2, 0) is 18.6 Å². The fourth-order valence-corrected chi connectivity index (χ4v) is 6.14. The molecule has 1 aliphatic rings. The number of thioether (sulfide) groups is 1. The van der Waals surface area contributed by atoms with Gasteiger partial charge in [-0.1, -0.05) is 6.92 Å². The van der Waals surface area contributed by atoms with Crippen molar-refractivity contribution in [2.24, 2.45) is 0 Å². The lowest BCUT2D eigenvalue weighted by atomic mass is 10.1. The largest absolute Gasteiger partial charge is 0.308 e. The molecule has 4 heteroatoms. The van der Waals surface area contributed by atoms with Gasteiger partial charge < -0.3 is 5.32 Å². The average molecular weight is 310 g/mol. The molecule has 1 N–H and O–H groups in total. The highest BCUT2D eigenvalue weighted by Crippen LogP contribution is 2.38. The Hall–Kier alpha value is -0.290. The SMILES string of the molecule is CCc1ccc(C(NC)c2cc3c(s2)CCSC3)s1. The molecule has 1 unspecified atom stereocenters. The zero-order valence-corrected chi connectivity index (χ0v) is 13.8. The topological polar surface area (TPSA) is 12.0 Å². The molecule has 102 valence electrons. The van der Waals surface area contributed by atoms with Crippen molar-refractivity contribution < 1.29 is 0 Å². The second-order valence-electron chi connectivity index (χ2n) is 4.78. The van der Waals surface area contributed by atoms with E-state index in [1.165, 1.54) is 32.6 Å². The summed E-state index contributed by atoms with van der Waals surface area (Å²) in [4.78, 5) is 6.03. The Labute approximate surface area is 127 Å². The predicted octanol–water partition coefficient (Wildman–Crippen LogP) is 4.47. The number of fused-ring (bicyclic) bond motifs is 1. The number of aryl methyl sites for hydroxylation is 2. The van der Waals surface area contributed by atoms with Crippen LogP contribution in [0, 0.1) is 0 Å². The molecular weight excluding hydrogens is 290 g/mol. The predicted molar refractivity (Wildman–Crippen MR) is 88.8 cm³/mol. The van der Waals surface area contributed by atoms with Crippen LogP contribution in [0.4, 0.5) is 0 Å². The summed E-state index contributed by atoms with van der Waals surface area (Å²) in [5.74, 6) is 2.49. The van der Waals surface area contributed by atoms with Gasteiger partial charge in [-0.15, -0.1) is 22.7 Å². The van der Waals surface area contributed by atoms with Gasteiger partial charge in [0.2, 0.25) is 0 Å². The highest BCUT2D eigenvalue weighted by molar-refractivity contribution is 7.98. The van der Waals surface area contributed by atoms with E-state index >= 15 is 0 Å². The van der Waals surface area contributed by atoms with Crippen molar-refractivity contribution in [1.29, 1.82) is 0 Å². The summed E-state index contributed by atoms with van der Waals surface area (Å²) in [5.41, 5.74) is 1.57. The summed E-state index contributed by atoms with van der Waals surface area (Å²) >= 11 is 6.02. The molecule has 0 fully saturated rings. The first-order valence-corrected chi connectivity index (χ1v) is 9.55. The van der Waals surface area contributed by atoms with E-state index in [1.807, 2.05) is 22.7 Å². The lowest BCUT2D eigenvalue weighted by molar-refractivity contribution is 0.716. The number of thiophene rings is 2. The molecule has 3 rings (SSSR count). The Balaban J connectivity index is 1.91.